The number of halogens is 2. The Balaban J connectivity index is 2.32. The quantitative estimate of drug-likeness (QED) is 0.818. The van der Waals surface area contributed by atoms with Crippen LogP contribution < -0.4 is 5.43 Å². The summed E-state index contributed by atoms with van der Waals surface area (Å²) in [5.74, 6) is -0.919. The van der Waals surface area contributed by atoms with Gasteiger partial charge >= 0.3 is 0 Å². The summed E-state index contributed by atoms with van der Waals surface area (Å²) in [6, 6.07) is 9.55. The number of rotatable bonds is 2. The molecule has 1 aromatic carbocycles. The van der Waals surface area contributed by atoms with Crippen LogP contribution in [0.3, 0.4) is 0 Å². The van der Waals surface area contributed by atoms with Crippen LogP contribution in [0.25, 0.3) is 0 Å². The summed E-state index contributed by atoms with van der Waals surface area (Å²) < 4.78 is 0. The molecule has 7 heteroatoms. The number of carbonyl (C=O) groups is 2. The summed E-state index contributed by atoms with van der Waals surface area (Å²) in [5, 5.41) is 1.88. The molecular formula is C17H17Cl2N3O2. The summed E-state index contributed by atoms with van der Waals surface area (Å²) >= 11 is 12.0. The predicted molar refractivity (Wildman–Crippen MR) is 94.1 cm³/mol. The number of carbonyl (C=O) groups excluding carboxylic acids is 2. The Kier molecular flexibility index (Phi) is 5.47. The largest absolute Gasteiger partial charge is 0.288 e. The molecule has 5 nitrogen and oxygen atoms in total. The molecule has 1 heterocycles. The third-order valence-electron chi connectivity index (χ3n) is 3.15. The molecule has 0 aliphatic carbocycles. The summed E-state index contributed by atoms with van der Waals surface area (Å²) in [6.07, 6.45) is 1.51. The van der Waals surface area contributed by atoms with Crippen LogP contribution in [0.2, 0.25) is 10.0 Å². The fourth-order valence-electron chi connectivity index (χ4n) is 1.96. The van der Waals surface area contributed by atoms with Crippen LogP contribution >= 0.6 is 23.2 Å². The Bertz CT molecular complexity index is 758. The highest BCUT2D eigenvalue weighted by Gasteiger charge is 2.31. The minimum Gasteiger partial charge on any atom is -0.267 e. The summed E-state index contributed by atoms with van der Waals surface area (Å²) in [5.41, 5.74) is 2.39. The van der Waals surface area contributed by atoms with Gasteiger partial charge in [-0.05, 0) is 51.1 Å². The first-order chi connectivity index (χ1) is 11.2. The Morgan fingerprint density at radius 2 is 1.83 bits per heavy atom. The van der Waals surface area contributed by atoms with Gasteiger partial charge in [0.15, 0.2) is 0 Å². The molecule has 2 aromatic rings. The van der Waals surface area contributed by atoms with Gasteiger partial charge in [-0.1, -0.05) is 29.3 Å². The number of nitrogens with zero attached hydrogens (tertiary/aromatic N) is 2. The summed E-state index contributed by atoms with van der Waals surface area (Å²) in [6.45, 7) is 5.40. The van der Waals surface area contributed by atoms with E-state index in [1.165, 1.54) is 23.3 Å². The first-order valence-corrected chi connectivity index (χ1v) is 7.97. The number of hydrogen-bond acceptors (Lipinski definition) is 3. The van der Waals surface area contributed by atoms with E-state index in [2.05, 4.69) is 10.4 Å². The molecule has 0 aliphatic heterocycles. The monoisotopic (exact) mass is 365 g/mol. The lowest BCUT2D eigenvalue weighted by Gasteiger charge is -2.35. The van der Waals surface area contributed by atoms with Gasteiger partial charge in [0.2, 0.25) is 0 Å². The van der Waals surface area contributed by atoms with E-state index in [0.29, 0.717) is 5.02 Å². The Hall–Kier alpha value is -2.11. The first-order valence-electron chi connectivity index (χ1n) is 7.22. The number of benzene rings is 1. The van der Waals surface area contributed by atoms with Crippen LogP contribution in [-0.4, -0.2) is 27.3 Å². The molecule has 0 atom stereocenters. The standard InChI is InChI=1S/C17H17Cl2N3O2/c1-17(2,3)22(21-15(23)14-6-4-5-9-20-14)16(24)12-8-7-11(18)10-13(12)19/h4-10H,1-3H3,(H,21,23). The van der Waals surface area contributed by atoms with Gasteiger partial charge in [0.1, 0.15) is 5.69 Å². The normalized spacial score (nSPS) is 11.0. The molecule has 2 rings (SSSR count). The second-order valence-electron chi connectivity index (χ2n) is 6.09. The van der Waals surface area contributed by atoms with Crippen LogP contribution in [0.15, 0.2) is 42.6 Å². The van der Waals surface area contributed by atoms with E-state index in [0.717, 1.165) is 0 Å². The molecule has 0 unspecified atom stereocenters. The van der Waals surface area contributed by atoms with Crippen molar-refractivity contribution in [3.8, 4) is 0 Å². The maximum Gasteiger partial charge on any atom is 0.288 e. The van der Waals surface area contributed by atoms with Gasteiger partial charge < -0.3 is 0 Å². The van der Waals surface area contributed by atoms with Crippen molar-refractivity contribution in [2.24, 2.45) is 0 Å². The smallest absolute Gasteiger partial charge is 0.267 e. The molecule has 126 valence electrons. The average molecular weight is 366 g/mol. The molecule has 0 saturated carbocycles. The zero-order chi connectivity index (χ0) is 17.9. The lowest BCUT2D eigenvalue weighted by molar-refractivity contribution is 0.0357. The fraction of sp³-hybridized carbons (Fsp3) is 0.235. The predicted octanol–water partition coefficient (Wildman–Crippen LogP) is 3.97. The third kappa shape index (κ3) is 4.24. The molecule has 24 heavy (non-hydrogen) atoms. The molecule has 0 aliphatic rings. The van der Waals surface area contributed by atoms with E-state index in [-0.39, 0.29) is 16.3 Å². The third-order valence-corrected chi connectivity index (χ3v) is 3.69. The highest BCUT2D eigenvalue weighted by molar-refractivity contribution is 6.36. The molecule has 1 aromatic heterocycles. The summed E-state index contributed by atoms with van der Waals surface area (Å²) in [7, 11) is 0. The lowest BCUT2D eigenvalue weighted by Crippen LogP contribution is -2.56. The van der Waals surface area contributed by atoms with E-state index in [4.69, 9.17) is 23.2 Å². The average Bonchev–Trinajstić information content (AvgIpc) is 2.51. The molecule has 1 N–H and O–H groups in total. The van der Waals surface area contributed by atoms with Crippen molar-refractivity contribution in [2.45, 2.75) is 26.3 Å². The maximum absolute atomic E-state index is 12.9. The molecule has 0 spiro atoms. The topological polar surface area (TPSA) is 62.3 Å². The number of aromatic nitrogens is 1. The zero-order valence-electron chi connectivity index (χ0n) is 13.5. The van der Waals surface area contributed by atoms with Gasteiger partial charge in [-0.3, -0.25) is 20.0 Å². The number of hydrazine groups is 1. The highest BCUT2D eigenvalue weighted by atomic mass is 35.5. The van der Waals surface area contributed by atoms with Crippen LogP contribution in [0.1, 0.15) is 41.6 Å². The second-order valence-corrected chi connectivity index (χ2v) is 6.94. The molecular weight excluding hydrogens is 349 g/mol. The lowest BCUT2D eigenvalue weighted by atomic mass is 10.1. The molecule has 0 radical (unpaired) electrons. The summed E-state index contributed by atoms with van der Waals surface area (Å²) in [4.78, 5) is 29.2. The van der Waals surface area contributed by atoms with E-state index in [1.54, 1.807) is 45.0 Å². The van der Waals surface area contributed by atoms with Crippen LogP contribution in [-0.2, 0) is 0 Å². The van der Waals surface area contributed by atoms with Crippen molar-refractivity contribution >= 4 is 35.0 Å². The Morgan fingerprint density at radius 3 is 2.38 bits per heavy atom. The number of pyridine rings is 1. The van der Waals surface area contributed by atoms with Crippen molar-refractivity contribution in [3.05, 3.63) is 63.9 Å². The van der Waals surface area contributed by atoms with Gasteiger partial charge in [-0.25, -0.2) is 5.01 Å². The van der Waals surface area contributed by atoms with E-state index < -0.39 is 17.4 Å². The number of nitrogens with one attached hydrogen (secondary N) is 1. The Morgan fingerprint density at radius 1 is 1.12 bits per heavy atom. The number of hydrogen-bond donors (Lipinski definition) is 1. The molecule has 0 fully saturated rings. The molecule has 0 saturated heterocycles. The van der Waals surface area contributed by atoms with Crippen molar-refractivity contribution in [1.82, 2.24) is 15.4 Å². The van der Waals surface area contributed by atoms with Crippen molar-refractivity contribution in [2.75, 3.05) is 0 Å². The fourth-order valence-corrected chi connectivity index (χ4v) is 2.45. The van der Waals surface area contributed by atoms with Gasteiger partial charge in [-0.15, -0.1) is 0 Å². The molecule has 2 amide bonds. The van der Waals surface area contributed by atoms with Crippen molar-refractivity contribution in [3.63, 3.8) is 0 Å². The minimum atomic E-state index is -0.676. The minimum absolute atomic E-state index is 0.210. The van der Waals surface area contributed by atoms with Crippen LogP contribution in [0.4, 0.5) is 0 Å². The zero-order valence-corrected chi connectivity index (χ0v) is 15.0. The Labute approximate surface area is 150 Å². The van der Waals surface area contributed by atoms with Crippen LogP contribution in [0.5, 0.6) is 0 Å². The van der Waals surface area contributed by atoms with Crippen molar-refractivity contribution < 1.29 is 9.59 Å². The maximum atomic E-state index is 12.9. The van der Waals surface area contributed by atoms with Crippen molar-refractivity contribution in [1.29, 1.82) is 0 Å². The van der Waals surface area contributed by atoms with Gasteiger partial charge in [0.25, 0.3) is 11.8 Å². The van der Waals surface area contributed by atoms with E-state index >= 15 is 0 Å². The second kappa shape index (κ2) is 7.20. The van der Waals surface area contributed by atoms with E-state index in [9.17, 15) is 9.59 Å². The number of amides is 2. The van der Waals surface area contributed by atoms with Crippen LogP contribution in [0, 0.1) is 0 Å². The van der Waals surface area contributed by atoms with Gasteiger partial charge in [0, 0.05) is 11.2 Å². The van der Waals surface area contributed by atoms with Gasteiger partial charge in [0.05, 0.1) is 16.1 Å². The highest BCUT2D eigenvalue weighted by Crippen LogP contribution is 2.24. The molecule has 0 bridgehead atoms. The first kappa shape index (κ1) is 18.2. The SMILES string of the molecule is CC(C)(C)N(NC(=O)c1ccccn1)C(=O)c1ccc(Cl)cc1Cl. The van der Waals surface area contributed by atoms with Gasteiger partial charge in [-0.2, -0.15) is 0 Å². The van der Waals surface area contributed by atoms with E-state index in [1.807, 2.05) is 0 Å².